The van der Waals surface area contributed by atoms with Crippen LogP contribution < -0.4 is 0 Å². The van der Waals surface area contributed by atoms with Crippen molar-refractivity contribution in [1.82, 2.24) is 39.9 Å². The van der Waals surface area contributed by atoms with Crippen LogP contribution in [0.1, 0.15) is 45.2 Å². The van der Waals surface area contributed by atoms with Gasteiger partial charge in [-0.15, -0.1) is 0 Å². The third-order valence-electron chi connectivity index (χ3n) is 13.1. The topological polar surface area (TPSA) is 103 Å². The molecule has 14 rings (SSSR count). The first-order valence-electron chi connectivity index (χ1n) is 22.7. The van der Waals surface area contributed by atoms with Gasteiger partial charge in [0.2, 0.25) is 0 Å². The molecule has 11 aromatic rings. The maximum atomic E-state index is 5.20. The third-order valence-corrected chi connectivity index (χ3v) is 13.1. The highest BCUT2D eigenvalue weighted by atomic mass is 15.0. The predicted octanol–water partition coefficient (Wildman–Crippen LogP) is 13.2. The van der Waals surface area contributed by atoms with E-state index in [0.717, 1.165) is 55.6 Å². The average molecular weight is 871 g/mol. The molecular weight excluding hydrogens is 833 g/mol. The first-order chi connectivity index (χ1) is 33.7. The van der Waals surface area contributed by atoms with Crippen molar-refractivity contribution in [1.29, 1.82) is 0 Å². The van der Waals surface area contributed by atoms with E-state index in [0.29, 0.717) is 34.9 Å². The zero-order valence-corrected chi connectivity index (χ0v) is 36.5. The Morgan fingerprint density at radius 2 is 0.544 bits per heavy atom. The summed E-state index contributed by atoms with van der Waals surface area (Å²) in [4.78, 5) is 39.5. The number of aromatic nitrogens is 8. The number of rotatable bonds is 8. The van der Waals surface area contributed by atoms with Crippen LogP contribution >= 0.6 is 0 Å². The predicted molar refractivity (Wildman–Crippen MR) is 267 cm³/mol. The minimum absolute atomic E-state index is 0.00489. The number of hydrogen-bond donors (Lipinski definition) is 0. The number of nitrogens with zero attached hydrogens (tertiary/aromatic N) is 8. The molecule has 7 aromatic carbocycles. The van der Waals surface area contributed by atoms with Gasteiger partial charge in [-0.05, 0) is 80.9 Å². The molecule has 0 fully saturated rings. The van der Waals surface area contributed by atoms with Crippen LogP contribution in [-0.2, 0) is 0 Å². The normalized spacial score (nSPS) is 14.2. The fraction of sp³-hybridized carbons (Fsp3) is 0.0333. The summed E-state index contributed by atoms with van der Waals surface area (Å²) >= 11 is 0. The van der Waals surface area contributed by atoms with Crippen LogP contribution in [0.3, 0.4) is 0 Å². The molecule has 0 saturated heterocycles. The molecule has 318 valence electrons. The lowest BCUT2D eigenvalue weighted by molar-refractivity contribution is 0.754. The maximum Gasteiger partial charge on any atom is 0.164 e. The lowest BCUT2D eigenvalue weighted by atomic mass is 9.61. The Labute approximate surface area is 392 Å². The first-order valence-corrected chi connectivity index (χ1v) is 22.7. The Kier molecular flexibility index (Phi) is 9.45. The van der Waals surface area contributed by atoms with Crippen molar-refractivity contribution in [2.24, 2.45) is 0 Å². The quantitative estimate of drug-likeness (QED) is 0.149. The SMILES string of the molecule is c1ccc(-c2nc(-c3cccc(-c4cccnc4)c3)nc(-c3ccc4c(c3)C3c5ccccc5C4c4cc(-c5nc(-c6ccccc6)nc(-c6cccc(-c7cccnc7)c6)n5)ccc43)n2)cc1. The Morgan fingerprint density at radius 3 is 0.941 bits per heavy atom. The van der Waals surface area contributed by atoms with E-state index in [2.05, 4.69) is 119 Å². The largest absolute Gasteiger partial charge is 0.264 e. The summed E-state index contributed by atoms with van der Waals surface area (Å²) in [7, 11) is 0. The summed E-state index contributed by atoms with van der Waals surface area (Å²) in [6.45, 7) is 0. The molecule has 2 atom stereocenters. The van der Waals surface area contributed by atoms with Gasteiger partial charge in [0.15, 0.2) is 34.9 Å². The molecular formula is C60H38N8. The van der Waals surface area contributed by atoms with E-state index in [-0.39, 0.29) is 11.8 Å². The van der Waals surface area contributed by atoms with Crippen LogP contribution in [0.5, 0.6) is 0 Å². The van der Waals surface area contributed by atoms with Crippen LogP contribution in [0.4, 0.5) is 0 Å². The van der Waals surface area contributed by atoms with Gasteiger partial charge in [0.1, 0.15) is 0 Å². The second-order valence-corrected chi connectivity index (χ2v) is 17.2. The van der Waals surface area contributed by atoms with Gasteiger partial charge in [0.25, 0.3) is 0 Å². The zero-order valence-electron chi connectivity index (χ0n) is 36.5. The summed E-state index contributed by atoms with van der Waals surface area (Å²) in [5, 5.41) is 0. The third kappa shape index (κ3) is 6.94. The molecule has 68 heavy (non-hydrogen) atoms. The van der Waals surface area contributed by atoms with E-state index < -0.39 is 0 Å². The molecule has 3 aliphatic rings. The molecule has 0 spiro atoms. The molecule has 0 aliphatic heterocycles. The average Bonchev–Trinajstić information content (AvgIpc) is 3.43. The van der Waals surface area contributed by atoms with Gasteiger partial charge in [-0.3, -0.25) is 9.97 Å². The minimum Gasteiger partial charge on any atom is -0.264 e. The second kappa shape index (κ2) is 16.4. The second-order valence-electron chi connectivity index (χ2n) is 17.2. The summed E-state index contributed by atoms with van der Waals surface area (Å²) in [6, 6.07) is 67.4. The molecule has 4 aromatic heterocycles. The Morgan fingerprint density at radius 1 is 0.221 bits per heavy atom. The highest BCUT2D eigenvalue weighted by molar-refractivity contribution is 5.77. The van der Waals surface area contributed by atoms with Gasteiger partial charge < -0.3 is 0 Å². The van der Waals surface area contributed by atoms with E-state index in [4.69, 9.17) is 29.9 Å². The molecule has 0 radical (unpaired) electrons. The Hall–Kier alpha value is -9.14. The van der Waals surface area contributed by atoms with Crippen LogP contribution in [0.25, 0.3) is 90.6 Å². The number of benzene rings is 7. The highest BCUT2D eigenvalue weighted by Crippen LogP contribution is 2.56. The fourth-order valence-corrected chi connectivity index (χ4v) is 9.94. The molecule has 0 saturated carbocycles. The number of hydrogen-bond acceptors (Lipinski definition) is 8. The van der Waals surface area contributed by atoms with Crippen molar-refractivity contribution in [3.05, 3.63) is 252 Å². The van der Waals surface area contributed by atoms with Crippen LogP contribution in [-0.4, -0.2) is 39.9 Å². The zero-order chi connectivity index (χ0) is 45.0. The standard InChI is InChI=1S/C60H38N8/c1-3-13-37(14-4-1)55-63-57(41-19-9-17-39(31-41)45-21-11-29-61-35-45)67-59(65-55)43-25-27-49-51(33-43)53-47-23-7-8-24-48(47)54(49)52-34-44(26-28-50(52)53)60-66-56(38-15-5-2-6-16-38)64-58(68-60)42-20-10-18-40(32-42)46-22-12-30-62-36-46/h1-36,53-54H. The fourth-order valence-electron chi connectivity index (χ4n) is 9.94. The minimum atomic E-state index is 0.00489. The monoisotopic (exact) mass is 870 g/mol. The van der Waals surface area contributed by atoms with Crippen LogP contribution in [0.15, 0.2) is 219 Å². The lowest BCUT2D eigenvalue weighted by Gasteiger charge is -2.42. The summed E-state index contributed by atoms with van der Waals surface area (Å²) in [6.07, 6.45) is 7.33. The molecule has 8 heteroatoms. The first kappa shape index (κ1) is 39.2. The van der Waals surface area contributed by atoms with Gasteiger partial charge >= 0.3 is 0 Å². The van der Waals surface area contributed by atoms with Gasteiger partial charge in [0, 0.05) is 81.1 Å². The van der Waals surface area contributed by atoms with Gasteiger partial charge in [-0.2, -0.15) is 0 Å². The Bertz CT molecular complexity index is 3450. The van der Waals surface area contributed by atoms with Crippen molar-refractivity contribution in [3.63, 3.8) is 0 Å². The van der Waals surface area contributed by atoms with Crippen molar-refractivity contribution in [2.45, 2.75) is 11.8 Å². The number of pyridine rings is 2. The molecule has 3 aliphatic carbocycles. The summed E-state index contributed by atoms with van der Waals surface area (Å²) in [5.41, 5.74) is 17.4. The molecule has 8 nitrogen and oxygen atoms in total. The van der Waals surface area contributed by atoms with Crippen LogP contribution in [0, 0.1) is 0 Å². The van der Waals surface area contributed by atoms with E-state index in [1.54, 1.807) is 12.4 Å². The molecule has 2 unspecified atom stereocenters. The van der Waals surface area contributed by atoms with Crippen molar-refractivity contribution >= 4 is 0 Å². The molecule has 0 amide bonds. The van der Waals surface area contributed by atoms with E-state index >= 15 is 0 Å². The van der Waals surface area contributed by atoms with Gasteiger partial charge in [0.05, 0.1) is 0 Å². The molecule has 4 heterocycles. The van der Waals surface area contributed by atoms with Crippen molar-refractivity contribution in [3.8, 4) is 90.6 Å². The molecule has 0 N–H and O–H groups in total. The molecule has 2 bridgehead atoms. The van der Waals surface area contributed by atoms with Gasteiger partial charge in [-0.25, -0.2) is 29.9 Å². The lowest BCUT2D eigenvalue weighted by Crippen LogP contribution is -2.27. The van der Waals surface area contributed by atoms with Crippen molar-refractivity contribution < 1.29 is 0 Å². The highest BCUT2D eigenvalue weighted by Gasteiger charge is 2.41. The van der Waals surface area contributed by atoms with E-state index in [1.165, 1.54) is 33.4 Å². The van der Waals surface area contributed by atoms with Gasteiger partial charge in [-0.1, -0.05) is 158 Å². The summed E-state index contributed by atoms with van der Waals surface area (Å²) < 4.78 is 0. The summed E-state index contributed by atoms with van der Waals surface area (Å²) in [5.74, 6) is 3.73. The van der Waals surface area contributed by atoms with E-state index in [9.17, 15) is 0 Å². The Balaban J connectivity index is 0.922. The smallest absolute Gasteiger partial charge is 0.164 e. The maximum absolute atomic E-state index is 5.20. The van der Waals surface area contributed by atoms with Crippen molar-refractivity contribution in [2.75, 3.05) is 0 Å². The van der Waals surface area contributed by atoms with E-state index in [1.807, 2.05) is 97.3 Å². The van der Waals surface area contributed by atoms with Crippen LogP contribution in [0.2, 0.25) is 0 Å².